The minimum atomic E-state index is -0.0558. The van der Waals surface area contributed by atoms with Crippen molar-refractivity contribution in [3.63, 3.8) is 0 Å². The van der Waals surface area contributed by atoms with Crippen molar-refractivity contribution in [1.82, 2.24) is 5.32 Å². The van der Waals surface area contributed by atoms with Crippen LogP contribution in [0.25, 0.3) is 0 Å². The molecule has 0 aromatic heterocycles. The molecule has 0 aliphatic heterocycles. The van der Waals surface area contributed by atoms with Crippen LogP contribution in [0.3, 0.4) is 0 Å². The highest BCUT2D eigenvalue weighted by Crippen LogP contribution is 2.38. The fourth-order valence-corrected chi connectivity index (χ4v) is 4.26. The van der Waals surface area contributed by atoms with E-state index < -0.39 is 0 Å². The van der Waals surface area contributed by atoms with E-state index in [2.05, 4.69) is 12.2 Å². The fourth-order valence-electron chi connectivity index (χ4n) is 4.26. The smallest absolute Gasteiger partial charge is 0.0616 e. The third-order valence-corrected chi connectivity index (χ3v) is 5.50. The van der Waals surface area contributed by atoms with Gasteiger partial charge in [-0.1, -0.05) is 13.3 Å². The maximum absolute atomic E-state index is 9.81. The fraction of sp³-hybridized carbons (Fsp3) is 1.00. The molecule has 21 heavy (non-hydrogen) atoms. The van der Waals surface area contributed by atoms with E-state index in [1.165, 1.54) is 32.1 Å². The minimum absolute atomic E-state index is 0.0558. The van der Waals surface area contributed by atoms with Gasteiger partial charge in [-0.05, 0) is 57.4 Å². The van der Waals surface area contributed by atoms with Crippen molar-refractivity contribution in [2.45, 2.75) is 76.0 Å². The topological polar surface area (TPSA) is 50.7 Å². The summed E-state index contributed by atoms with van der Waals surface area (Å²) < 4.78 is 11.6. The molecular formula is C17H33NO3. The average molecular weight is 299 g/mol. The zero-order chi connectivity index (χ0) is 15.1. The molecule has 0 aromatic rings. The van der Waals surface area contributed by atoms with Crippen molar-refractivity contribution in [2.75, 3.05) is 26.9 Å². The first-order valence-corrected chi connectivity index (χ1v) is 8.74. The van der Waals surface area contributed by atoms with Gasteiger partial charge in [0.1, 0.15) is 0 Å². The summed E-state index contributed by atoms with van der Waals surface area (Å²) in [6.07, 6.45) is 9.93. The van der Waals surface area contributed by atoms with Gasteiger partial charge in [-0.3, -0.25) is 0 Å². The number of aliphatic hydroxyl groups excluding tert-OH is 1. The second kappa shape index (κ2) is 8.47. The quantitative estimate of drug-likeness (QED) is 0.723. The Bertz CT molecular complexity index is 300. The van der Waals surface area contributed by atoms with Crippen LogP contribution in [0.2, 0.25) is 0 Å². The Hall–Kier alpha value is -0.160. The van der Waals surface area contributed by atoms with Crippen molar-refractivity contribution in [3.05, 3.63) is 0 Å². The summed E-state index contributed by atoms with van der Waals surface area (Å²) in [6, 6.07) is 0. The molecule has 0 heterocycles. The Labute approximate surface area is 129 Å². The number of rotatable bonds is 8. The van der Waals surface area contributed by atoms with Gasteiger partial charge in [0.05, 0.1) is 18.8 Å². The van der Waals surface area contributed by atoms with E-state index in [4.69, 9.17) is 9.47 Å². The van der Waals surface area contributed by atoms with Gasteiger partial charge in [0, 0.05) is 19.3 Å². The average Bonchev–Trinajstić information content (AvgIpc) is 2.91. The van der Waals surface area contributed by atoms with Crippen molar-refractivity contribution in [3.8, 4) is 0 Å². The minimum Gasteiger partial charge on any atom is -0.394 e. The molecule has 0 radical (unpaired) electrons. The SMILES string of the molecule is CCNC1(CO)CCCC1CCOC1CCCC(OC)C1. The summed E-state index contributed by atoms with van der Waals surface area (Å²) in [5.41, 5.74) is -0.0558. The highest BCUT2D eigenvalue weighted by Gasteiger charge is 2.41. The van der Waals surface area contributed by atoms with Gasteiger partial charge in [0.15, 0.2) is 0 Å². The van der Waals surface area contributed by atoms with Gasteiger partial charge in [-0.25, -0.2) is 0 Å². The predicted octanol–water partition coefficient (Wildman–Crippen LogP) is 2.49. The van der Waals surface area contributed by atoms with Crippen molar-refractivity contribution in [1.29, 1.82) is 0 Å². The van der Waals surface area contributed by atoms with Crippen LogP contribution >= 0.6 is 0 Å². The number of ether oxygens (including phenoxy) is 2. The standard InChI is InChI=1S/C17H33NO3/c1-3-18-17(13-19)10-5-6-14(17)9-11-21-16-8-4-7-15(12-16)20-2/h14-16,18-19H,3-13H2,1-2H3. The van der Waals surface area contributed by atoms with E-state index in [0.29, 0.717) is 18.1 Å². The predicted molar refractivity (Wildman–Crippen MR) is 84.5 cm³/mol. The lowest BCUT2D eigenvalue weighted by Crippen LogP contribution is -2.51. The first kappa shape index (κ1) is 17.2. The van der Waals surface area contributed by atoms with Gasteiger partial charge in [0.25, 0.3) is 0 Å². The van der Waals surface area contributed by atoms with Crippen LogP contribution in [-0.2, 0) is 9.47 Å². The summed E-state index contributed by atoms with van der Waals surface area (Å²) in [5.74, 6) is 0.546. The first-order chi connectivity index (χ1) is 10.2. The van der Waals surface area contributed by atoms with Crippen LogP contribution in [0.1, 0.15) is 58.3 Å². The van der Waals surface area contributed by atoms with E-state index in [1.54, 1.807) is 7.11 Å². The van der Waals surface area contributed by atoms with Crippen LogP contribution in [-0.4, -0.2) is 49.7 Å². The van der Waals surface area contributed by atoms with Crippen LogP contribution < -0.4 is 5.32 Å². The normalized spacial score (nSPS) is 37.0. The molecule has 2 aliphatic carbocycles. The highest BCUT2D eigenvalue weighted by atomic mass is 16.5. The maximum atomic E-state index is 9.81. The molecule has 0 saturated heterocycles. The molecule has 0 bridgehead atoms. The molecule has 4 unspecified atom stereocenters. The Morgan fingerprint density at radius 2 is 2.00 bits per heavy atom. The van der Waals surface area contributed by atoms with Gasteiger partial charge in [0.2, 0.25) is 0 Å². The molecule has 0 aromatic carbocycles. The second-order valence-electron chi connectivity index (χ2n) is 6.74. The van der Waals surface area contributed by atoms with Crippen LogP contribution in [0.15, 0.2) is 0 Å². The molecule has 4 heteroatoms. The second-order valence-corrected chi connectivity index (χ2v) is 6.74. The van der Waals surface area contributed by atoms with E-state index in [-0.39, 0.29) is 12.1 Å². The summed E-state index contributed by atoms with van der Waals surface area (Å²) in [5, 5.41) is 13.3. The molecule has 0 amide bonds. The lowest BCUT2D eigenvalue weighted by molar-refractivity contribution is -0.0357. The molecule has 2 N–H and O–H groups in total. The summed E-state index contributed by atoms with van der Waals surface area (Å²) in [6.45, 7) is 4.12. The van der Waals surface area contributed by atoms with Crippen molar-refractivity contribution < 1.29 is 14.6 Å². The van der Waals surface area contributed by atoms with Crippen LogP contribution in [0.4, 0.5) is 0 Å². The molecule has 2 saturated carbocycles. The Morgan fingerprint density at radius 3 is 2.71 bits per heavy atom. The molecule has 2 fully saturated rings. The van der Waals surface area contributed by atoms with Gasteiger partial charge < -0.3 is 19.9 Å². The van der Waals surface area contributed by atoms with E-state index in [1.807, 2.05) is 0 Å². The third kappa shape index (κ3) is 4.41. The zero-order valence-corrected chi connectivity index (χ0v) is 13.8. The lowest BCUT2D eigenvalue weighted by Gasteiger charge is -2.35. The van der Waals surface area contributed by atoms with Crippen molar-refractivity contribution in [2.24, 2.45) is 5.92 Å². The molecule has 4 nitrogen and oxygen atoms in total. The highest BCUT2D eigenvalue weighted by molar-refractivity contribution is 4.98. The summed E-state index contributed by atoms with van der Waals surface area (Å²) in [7, 11) is 1.80. The van der Waals surface area contributed by atoms with Crippen LogP contribution in [0, 0.1) is 5.92 Å². The van der Waals surface area contributed by atoms with E-state index >= 15 is 0 Å². The summed E-state index contributed by atoms with van der Waals surface area (Å²) >= 11 is 0. The van der Waals surface area contributed by atoms with Gasteiger partial charge >= 0.3 is 0 Å². The Morgan fingerprint density at radius 1 is 1.19 bits per heavy atom. The largest absolute Gasteiger partial charge is 0.394 e. The lowest BCUT2D eigenvalue weighted by atomic mass is 9.85. The van der Waals surface area contributed by atoms with Crippen LogP contribution in [0.5, 0.6) is 0 Å². The molecule has 124 valence electrons. The molecular weight excluding hydrogens is 266 g/mol. The Balaban J connectivity index is 1.74. The molecule has 0 spiro atoms. The van der Waals surface area contributed by atoms with Crippen molar-refractivity contribution >= 4 is 0 Å². The molecule has 2 aliphatic rings. The van der Waals surface area contributed by atoms with E-state index in [9.17, 15) is 5.11 Å². The Kier molecular flexibility index (Phi) is 6.93. The molecule has 4 atom stereocenters. The third-order valence-electron chi connectivity index (χ3n) is 5.50. The number of methoxy groups -OCH3 is 1. The number of hydrogen-bond donors (Lipinski definition) is 2. The maximum Gasteiger partial charge on any atom is 0.0616 e. The summed E-state index contributed by atoms with van der Waals surface area (Å²) in [4.78, 5) is 0. The number of hydrogen-bond acceptors (Lipinski definition) is 4. The molecule has 2 rings (SSSR count). The van der Waals surface area contributed by atoms with Gasteiger partial charge in [-0.2, -0.15) is 0 Å². The van der Waals surface area contributed by atoms with E-state index in [0.717, 1.165) is 32.4 Å². The monoisotopic (exact) mass is 299 g/mol. The number of likely N-dealkylation sites (N-methyl/N-ethyl adjacent to an activating group) is 1. The first-order valence-electron chi connectivity index (χ1n) is 8.74. The zero-order valence-electron chi connectivity index (χ0n) is 13.8. The number of nitrogens with one attached hydrogen (secondary N) is 1. The van der Waals surface area contributed by atoms with Gasteiger partial charge in [-0.15, -0.1) is 0 Å². The number of aliphatic hydroxyl groups is 1.